The van der Waals surface area contributed by atoms with Crippen molar-refractivity contribution in [2.75, 3.05) is 5.32 Å². The molecule has 0 aliphatic carbocycles. The molecule has 1 aliphatic rings. The molecule has 2 aromatic rings. The topological polar surface area (TPSA) is 55.1 Å². The summed E-state index contributed by atoms with van der Waals surface area (Å²) in [6.07, 6.45) is 0. The van der Waals surface area contributed by atoms with Crippen molar-refractivity contribution in [3.63, 3.8) is 0 Å². The smallest absolute Gasteiger partial charge is 0.258 e. The van der Waals surface area contributed by atoms with Gasteiger partial charge >= 0.3 is 0 Å². The summed E-state index contributed by atoms with van der Waals surface area (Å²) in [6.45, 7) is 0. The second-order valence-electron chi connectivity index (χ2n) is 4.30. The molecule has 19 heavy (non-hydrogen) atoms. The third-order valence-corrected chi connectivity index (χ3v) is 3.32. The second kappa shape index (κ2) is 4.44. The van der Waals surface area contributed by atoms with Gasteiger partial charge in [-0.15, -0.1) is 0 Å². The van der Waals surface area contributed by atoms with Crippen molar-refractivity contribution >= 4 is 34.5 Å². The highest BCUT2D eigenvalue weighted by atomic mass is 35.5. The van der Waals surface area contributed by atoms with E-state index in [1.165, 1.54) is 0 Å². The zero-order valence-corrected chi connectivity index (χ0v) is 10.7. The summed E-state index contributed by atoms with van der Waals surface area (Å²) in [4.78, 5) is 12.1. The van der Waals surface area contributed by atoms with E-state index < -0.39 is 0 Å². The van der Waals surface area contributed by atoms with Gasteiger partial charge in [0, 0.05) is 16.3 Å². The lowest BCUT2D eigenvalue weighted by Crippen LogP contribution is -2.09. The normalized spacial score (nSPS) is 15.9. The van der Waals surface area contributed by atoms with Crippen molar-refractivity contribution in [1.29, 1.82) is 0 Å². The lowest BCUT2D eigenvalue weighted by molar-refractivity contribution is -0.110. The fraction of sp³-hybridized carbons (Fsp3) is 0. The Hall–Kier alpha value is -2.26. The standard InChI is InChI=1S/C15H11ClN2O/c16-10-6-7-12-11(8-10)13(15(19)18-12)14(17)9-4-2-1-3-5-9/h1-8H,17H2,(H,18,19)/b14-13+. The molecule has 0 fully saturated rings. The van der Waals surface area contributed by atoms with Gasteiger partial charge < -0.3 is 11.1 Å². The molecule has 0 radical (unpaired) electrons. The Kier molecular flexibility index (Phi) is 2.76. The highest BCUT2D eigenvalue weighted by Crippen LogP contribution is 2.36. The van der Waals surface area contributed by atoms with Crippen LogP contribution in [0.1, 0.15) is 11.1 Å². The molecule has 0 atom stereocenters. The van der Waals surface area contributed by atoms with Gasteiger partial charge in [0.15, 0.2) is 0 Å². The van der Waals surface area contributed by atoms with Crippen LogP contribution in [0.5, 0.6) is 0 Å². The molecule has 0 saturated carbocycles. The summed E-state index contributed by atoms with van der Waals surface area (Å²) >= 11 is 5.98. The first-order valence-corrected chi connectivity index (χ1v) is 6.21. The fourth-order valence-corrected chi connectivity index (χ4v) is 2.34. The molecule has 2 aromatic carbocycles. The van der Waals surface area contributed by atoms with E-state index in [1.807, 2.05) is 30.3 Å². The zero-order chi connectivity index (χ0) is 13.4. The molecule has 0 spiro atoms. The molecule has 1 aliphatic heterocycles. The maximum atomic E-state index is 12.1. The average Bonchev–Trinajstić information content (AvgIpc) is 2.74. The van der Waals surface area contributed by atoms with Crippen LogP contribution in [0.25, 0.3) is 11.3 Å². The highest BCUT2D eigenvalue weighted by molar-refractivity contribution is 6.38. The summed E-state index contributed by atoms with van der Waals surface area (Å²) in [5.74, 6) is -0.196. The fourth-order valence-electron chi connectivity index (χ4n) is 2.17. The predicted molar refractivity (Wildman–Crippen MR) is 77.5 cm³/mol. The van der Waals surface area contributed by atoms with Gasteiger partial charge in [-0.25, -0.2) is 0 Å². The van der Waals surface area contributed by atoms with Gasteiger partial charge in [0.2, 0.25) is 0 Å². The maximum Gasteiger partial charge on any atom is 0.258 e. The van der Waals surface area contributed by atoms with Crippen molar-refractivity contribution < 1.29 is 4.79 Å². The van der Waals surface area contributed by atoms with Crippen LogP contribution in [-0.4, -0.2) is 5.91 Å². The summed E-state index contributed by atoms with van der Waals surface area (Å²) in [6, 6.07) is 14.7. The number of hydrogen-bond donors (Lipinski definition) is 2. The number of carbonyl (C=O) groups excluding carboxylic acids is 1. The van der Waals surface area contributed by atoms with Crippen molar-refractivity contribution in [3.05, 3.63) is 64.7 Å². The molecule has 0 bridgehead atoms. The van der Waals surface area contributed by atoms with Crippen LogP contribution in [0, 0.1) is 0 Å². The summed E-state index contributed by atoms with van der Waals surface area (Å²) in [5, 5.41) is 3.37. The number of amides is 1. The molecule has 1 amide bonds. The van der Waals surface area contributed by atoms with Crippen LogP contribution in [-0.2, 0) is 4.79 Å². The van der Waals surface area contributed by atoms with Gasteiger partial charge in [-0.05, 0) is 23.8 Å². The first-order chi connectivity index (χ1) is 9.16. The number of nitrogens with two attached hydrogens (primary N) is 1. The molecule has 4 heteroatoms. The lowest BCUT2D eigenvalue weighted by Gasteiger charge is -2.06. The van der Waals surface area contributed by atoms with Crippen molar-refractivity contribution in [3.8, 4) is 0 Å². The van der Waals surface area contributed by atoms with Gasteiger partial charge in [-0.1, -0.05) is 41.9 Å². The molecule has 3 N–H and O–H groups in total. The summed E-state index contributed by atoms with van der Waals surface area (Å²) < 4.78 is 0. The highest BCUT2D eigenvalue weighted by Gasteiger charge is 2.27. The number of fused-ring (bicyclic) bond motifs is 1. The molecular weight excluding hydrogens is 260 g/mol. The molecule has 0 unspecified atom stereocenters. The first kappa shape index (κ1) is 11.8. The van der Waals surface area contributed by atoms with E-state index in [0.717, 1.165) is 16.8 Å². The van der Waals surface area contributed by atoms with Crippen LogP contribution < -0.4 is 11.1 Å². The number of anilines is 1. The van der Waals surface area contributed by atoms with E-state index in [2.05, 4.69) is 5.32 Å². The Bertz CT molecular complexity index is 693. The monoisotopic (exact) mass is 270 g/mol. The van der Waals surface area contributed by atoms with Gasteiger partial charge in [0.05, 0.1) is 11.3 Å². The Morgan fingerprint density at radius 3 is 2.58 bits per heavy atom. The van der Waals surface area contributed by atoms with Crippen molar-refractivity contribution in [2.24, 2.45) is 5.73 Å². The molecule has 0 aromatic heterocycles. The molecular formula is C15H11ClN2O. The van der Waals surface area contributed by atoms with E-state index in [1.54, 1.807) is 18.2 Å². The molecule has 0 saturated heterocycles. The van der Waals surface area contributed by atoms with Crippen LogP contribution in [0.15, 0.2) is 48.5 Å². The van der Waals surface area contributed by atoms with E-state index in [-0.39, 0.29) is 5.91 Å². The molecule has 94 valence electrons. The number of carbonyl (C=O) groups is 1. The average molecular weight is 271 g/mol. The van der Waals surface area contributed by atoms with E-state index >= 15 is 0 Å². The van der Waals surface area contributed by atoms with Gasteiger partial charge in [-0.2, -0.15) is 0 Å². The largest absolute Gasteiger partial charge is 0.398 e. The lowest BCUT2D eigenvalue weighted by atomic mass is 10.0. The van der Waals surface area contributed by atoms with Gasteiger partial charge in [0.1, 0.15) is 0 Å². The molecule has 1 heterocycles. The van der Waals surface area contributed by atoms with E-state index in [9.17, 15) is 4.79 Å². The van der Waals surface area contributed by atoms with Crippen molar-refractivity contribution in [1.82, 2.24) is 0 Å². The van der Waals surface area contributed by atoms with Crippen LogP contribution in [0.2, 0.25) is 5.02 Å². The van der Waals surface area contributed by atoms with Crippen molar-refractivity contribution in [2.45, 2.75) is 0 Å². The van der Waals surface area contributed by atoms with Crippen LogP contribution in [0.3, 0.4) is 0 Å². The number of benzene rings is 2. The second-order valence-corrected chi connectivity index (χ2v) is 4.74. The predicted octanol–water partition coefficient (Wildman–Crippen LogP) is 3.12. The Balaban J connectivity index is 2.21. The summed E-state index contributed by atoms with van der Waals surface area (Å²) in [7, 11) is 0. The quantitative estimate of drug-likeness (QED) is 0.782. The number of rotatable bonds is 1. The minimum absolute atomic E-state index is 0.196. The van der Waals surface area contributed by atoms with Crippen LogP contribution >= 0.6 is 11.6 Å². The van der Waals surface area contributed by atoms with E-state index in [0.29, 0.717) is 16.3 Å². The maximum absolute atomic E-state index is 12.1. The Morgan fingerprint density at radius 2 is 1.84 bits per heavy atom. The zero-order valence-electron chi connectivity index (χ0n) is 9.98. The van der Waals surface area contributed by atoms with Gasteiger partial charge in [0.25, 0.3) is 5.91 Å². The SMILES string of the molecule is N/C(=C1/C(=O)Nc2ccc(Cl)cc21)c1ccccc1. The van der Waals surface area contributed by atoms with Gasteiger partial charge in [-0.3, -0.25) is 4.79 Å². The minimum Gasteiger partial charge on any atom is -0.398 e. The molecule has 3 rings (SSSR count). The Labute approximate surface area is 115 Å². The van der Waals surface area contributed by atoms with Crippen LogP contribution in [0.4, 0.5) is 5.69 Å². The number of nitrogens with one attached hydrogen (secondary N) is 1. The third kappa shape index (κ3) is 1.98. The first-order valence-electron chi connectivity index (χ1n) is 5.83. The van der Waals surface area contributed by atoms with E-state index in [4.69, 9.17) is 17.3 Å². The summed E-state index contributed by atoms with van der Waals surface area (Å²) in [5.41, 5.74) is 9.37. The molecule has 3 nitrogen and oxygen atoms in total. The number of halogens is 1. The number of hydrogen-bond acceptors (Lipinski definition) is 2. The third-order valence-electron chi connectivity index (χ3n) is 3.08. The minimum atomic E-state index is -0.196. The Morgan fingerprint density at radius 1 is 1.11 bits per heavy atom.